The van der Waals surface area contributed by atoms with Gasteiger partial charge in [0, 0.05) is 15.1 Å². The molecular weight excluding hydrogens is 272 g/mol. The number of benzene rings is 1. The van der Waals surface area contributed by atoms with Gasteiger partial charge in [-0.3, -0.25) is 0 Å². The minimum absolute atomic E-state index is 0.668. The zero-order chi connectivity index (χ0) is 11.3. The lowest BCUT2D eigenvalue weighted by atomic mass is 10.2. The summed E-state index contributed by atoms with van der Waals surface area (Å²) >= 11 is 3.37. The van der Waals surface area contributed by atoms with Gasteiger partial charge in [-0.15, -0.1) is 0 Å². The predicted octanol–water partition coefficient (Wildman–Crippen LogP) is 3.79. The van der Waals surface area contributed by atoms with Crippen LogP contribution in [0.4, 0.5) is 0 Å². The van der Waals surface area contributed by atoms with E-state index in [0.29, 0.717) is 5.33 Å². The van der Waals surface area contributed by atoms with Gasteiger partial charge in [0.15, 0.2) is 0 Å². The van der Waals surface area contributed by atoms with E-state index in [0.717, 1.165) is 16.2 Å². The van der Waals surface area contributed by atoms with Gasteiger partial charge in [-0.25, -0.2) is 4.21 Å². The van der Waals surface area contributed by atoms with E-state index in [1.165, 1.54) is 5.56 Å². The first-order chi connectivity index (χ1) is 7.19. The van der Waals surface area contributed by atoms with Crippen molar-refractivity contribution in [2.24, 2.45) is 0 Å². The first kappa shape index (κ1) is 12.7. The summed E-state index contributed by atoms with van der Waals surface area (Å²) in [4.78, 5) is 1.82. The van der Waals surface area contributed by atoms with Crippen molar-refractivity contribution in [2.45, 2.75) is 25.2 Å². The van der Waals surface area contributed by atoms with Crippen molar-refractivity contribution in [3.8, 4) is 0 Å². The Morgan fingerprint density at radius 3 is 2.47 bits per heavy atom. The SMILES string of the molecule is CC/C=C(\CBr)S(=O)c1ccc(C)cc1. The highest BCUT2D eigenvalue weighted by molar-refractivity contribution is 9.09. The lowest BCUT2D eigenvalue weighted by molar-refractivity contribution is 0.686. The topological polar surface area (TPSA) is 17.1 Å². The van der Waals surface area contributed by atoms with Crippen LogP contribution in [0.5, 0.6) is 0 Å². The molecule has 0 spiro atoms. The number of allylic oxidation sites excluding steroid dienone is 2. The number of rotatable bonds is 4. The van der Waals surface area contributed by atoms with Gasteiger partial charge in [-0.05, 0) is 25.5 Å². The fraction of sp³-hybridized carbons (Fsp3) is 0.333. The standard InChI is InChI=1S/C12H15BrOS/c1-3-4-12(9-13)15(14)11-7-5-10(2)6-8-11/h4-8H,3,9H2,1-2H3/b12-4+. The zero-order valence-corrected chi connectivity index (χ0v) is 11.4. The Labute approximate surface area is 102 Å². The van der Waals surface area contributed by atoms with Crippen LogP contribution in [0.3, 0.4) is 0 Å². The van der Waals surface area contributed by atoms with Gasteiger partial charge in [-0.2, -0.15) is 0 Å². The summed E-state index contributed by atoms with van der Waals surface area (Å²) in [6.07, 6.45) is 2.93. The molecule has 0 fully saturated rings. The predicted molar refractivity (Wildman–Crippen MR) is 69.8 cm³/mol. The van der Waals surface area contributed by atoms with E-state index in [1.54, 1.807) is 0 Å². The van der Waals surface area contributed by atoms with Crippen molar-refractivity contribution in [2.75, 3.05) is 5.33 Å². The van der Waals surface area contributed by atoms with E-state index < -0.39 is 10.8 Å². The maximum absolute atomic E-state index is 12.1. The maximum Gasteiger partial charge on any atom is 0.0813 e. The molecular formula is C12H15BrOS. The first-order valence-corrected chi connectivity index (χ1v) is 7.19. The lowest BCUT2D eigenvalue weighted by Gasteiger charge is -2.04. The molecule has 0 aromatic heterocycles. The highest BCUT2D eigenvalue weighted by Gasteiger charge is 2.07. The molecule has 1 atom stereocenters. The van der Waals surface area contributed by atoms with Crippen LogP contribution in [-0.4, -0.2) is 9.54 Å². The van der Waals surface area contributed by atoms with Gasteiger partial charge in [0.25, 0.3) is 0 Å². The van der Waals surface area contributed by atoms with Gasteiger partial charge in [0.2, 0.25) is 0 Å². The minimum Gasteiger partial charge on any atom is -0.249 e. The van der Waals surface area contributed by atoms with E-state index in [4.69, 9.17) is 0 Å². The van der Waals surface area contributed by atoms with Crippen LogP contribution < -0.4 is 0 Å². The molecule has 0 aliphatic rings. The van der Waals surface area contributed by atoms with E-state index >= 15 is 0 Å². The van der Waals surface area contributed by atoms with Crippen LogP contribution in [0.1, 0.15) is 18.9 Å². The Balaban J connectivity index is 2.93. The molecule has 0 aliphatic heterocycles. The Morgan fingerprint density at radius 2 is 2.00 bits per heavy atom. The van der Waals surface area contributed by atoms with Gasteiger partial charge in [-0.1, -0.05) is 46.6 Å². The number of hydrogen-bond donors (Lipinski definition) is 0. The van der Waals surface area contributed by atoms with Crippen LogP contribution >= 0.6 is 15.9 Å². The lowest BCUT2D eigenvalue weighted by Crippen LogP contribution is -1.97. The molecule has 1 rings (SSSR count). The van der Waals surface area contributed by atoms with Gasteiger partial charge in [0.05, 0.1) is 10.8 Å². The third-order valence-corrected chi connectivity index (χ3v) is 4.50. The molecule has 0 heterocycles. The molecule has 0 bridgehead atoms. The van der Waals surface area contributed by atoms with Gasteiger partial charge < -0.3 is 0 Å². The molecule has 0 aliphatic carbocycles. The van der Waals surface area contributed by atoms with Crippen molar-refractivity contribution in [1.29, 1.82) is 0 Å². The average Bonchev–Trinajstić information content (AvgIpc) is 2.26. The molecule has 82 valence electrons. The molecule has 0 radical (unpaired) electrons. The second-order valence-electron chi connectivity index (χ2n) is 3.29. The molecule has 0 N–H and O–H groups in total. The molecule has 3 heteroatoms. The number of hydrogen-bond acceptors (Lipinski definition) is 1. The summed E-state index contributed by atoms with van der Waals surface area (Å²) in [7, 11) is -1.02. The fourth-order valence-corrected chi connectivity index (χ4v) is 3.18. The summed E-state index contributed by atoms with van der Waals surface area (Å²) < 4.78 is 12.1. The van der Waals surface area contributed by atoms with Gasteiger partial charge >= 0.3 is 0 Å². The summed E-state index contributed by atoms with van der Waals surface area (Å²) in [6, 6.07) is 7.84. The second-order valence-corrected chi connectivity index (χ2v) is 5.39. The Hall–Kier alpha value is -0.410. The average molecular weight is 287 g/mol. The Bertz CT molecular complexity index is 368. The normalized spacial score (nSPS) is 13.9. The number of alkyl halides is 1. The van der Waals surface area contributed by atoms with Crippen LogP contribution in [-0.2, 0) is 10.8 Å². The summed E-state index contributed by atoms with van der Waals surface area (Å²) in [5.74, 6) is 0. The van der Waals surface area contributed by atoms with E-state index in [2.05, 4.69) is 22.9 Å². The Morgan fingerprint density at radius 1 is 1.40 bits per heavy atom. The monoisotopic (exact) mass is 286 g/mol. The van der Waals surface area contributed by atoms with Crippen LogP contribution in [0, 0.1) is 6.92 Å². The third kappa shape index (κ3) is 3.58. The number of aryl methyl sites for hydroxylation is 1. The molecule has 1 aromatic rings. The maximum atomic E-state index is 12.1. The third-order valence-electron chi connectivity index (χ3n) is 2.04. The quantitative estimate of drug-likeness (QED) is 0.770. The molecule has 1 unspecified atom stereocenters. The summed E-state index contributed by atoms with van der Waals surface area (Å²) in [5, 5.41) is 0.668. The largest absolute Gasteiger partial charge is 0.249 e. The van der Waals surface area contributed by atoms with Crippen LogP contribution in [0.2, 0.25) is 0 Å². The van der Waals surface area contributed by atoms with Crippen molar-refractivity contribution in [3.63, 3.8) is 0 Å². The van der Waals surface area contributed by atoms with Crippen molar-refractivity contribution in [1.82, 2.24) is 0 Å². The highest BCUT2D eigenvalue weighted by atomic mass is 79.9. The molecule has 1 aromatic carbocycles. The van der Waals surface area contributed by atoms with Crippen LogP contribution in [0.25, 0.3) is 0 Å². The van der Waals surface area contributed by atoms with E-state index in [1.807, 2.05) is 37.3 Å². The zero-order valence-electron chi connectivity index (χ0n) is 9.00. The van der Waals surface area contributed by atoms with E-state index in [-0.39, 0.29) is 0 Å². The minimum atomic E-state index is -1.02. The fourth-order valence-electron chi connectivity index (χ4n) is 1.22. The molecule has 0 saturated carbocycles. The molecule has 15 heavy (non-hydrogen) atoms. The Kier molecular flexibility index (Phi) is 5.26. The summed E-state index contributed by atoms with van der Waals surface area (Å²) in [5.41, 5.74) is 1.19. The molecule has 0 saturated heterocycles. The van der Waals surface area contributed by atoms with Crippen molar-refractivity contribution >= 4 is 26.7 Å². The van der Waals surface area contributed by atoms with Gasteiger partial charge in [0.1, 0.15) is 0 Å². The molecule has 0 amide bonds. The second kappa shape index (κ2) is 6.23. The smallest absolute Gasteiger partial charge is 0.0813 e. The number of halogens is 1. The first-order valence-electron chi connectivity index (χ1n) is 4.92. The molecule has 1 nitrogen and oxygen atoms in total. The van der Waals surface area contributed by atoms with Crippen molar-refractivity contribution in [3.05, 3.63) is 40.8 Å². The highest BCUT2D eigenvalue weighted by Crippen LogP contribution is 2.17. The van der Waals surface area contributed by atoms with Crippen LogP contribution in [0.15, 0.2) is 40.1 Å². The summed E-state index contributed by atoms with van der Waals surface area (Å²) in [6.45, 7) is 4.08. The van der Waals surface area contributed by atoms with E-state index in [9.17, 15) is 4.21 Å². The van der Waals surface area contributed by atoms with Crippen molar-refractivity contribution < 1.29 is 4.21 Å².